The van der Waals surface area contributed by atoms with Gasteiger partial charge in [-0.2, -0.15) is 0 Å². The number of sulfonamides is 1. The minimum Gasteiger partial charge on any atom is -0.495 e. The normalized spacial score (nSPS) is 23.2. The summed E-state index contributed by atoms with van der Waals surface area (Å²) in [6.45, 7) is 2.49. The number of likely N-dealkylation sites (tertiary alicyclic amines) is 1. The van der Waals surface area contributed by atoms with Crippen LogP contribution in [0.5, 0.6) is 5.75 Å². The van der Waals surface area contributed by atoms with E-state index in [0.29, 0.717) is 24.4 Å². The lowest BCUT2D eigenvalue weighted by Gasteiger charge is -2.32. The van der Waals surface area contributed by atoms with Crippen LogP contribution >= 0.6 is 0 Å². The molecule has 1 heterocycles. The number of carbonyl (C=O) groups excluding carboxylic acids is 1. The van der Waals surface area contributed by atoms with Crippen LogP contribution in [0.2, 0.25) is 0 Å². The smallest absolute Gasteiger partial charge is 0.322 e. The number of nitrogens with zero attached hydrogens (tertiary/aromatic N) is 1. The summed E-state index contributed by atoms with van der Waals surface area (Å²) in [5, 5.41) is 2.94. The Hall–Kier alpha value is -2.58. The van der Waals surface area contributed by atoms with Gasteiger partial charge in [-0.3, -0.25) is 0 Å². The van der Waals surface area contributed by atoms with Gasteiger partial charge < -0.3 is 15.0 Å². The Kier molecular flexibility index (Phi) is 5.23. The summed E-state index contributed by atoms with van der Waals surface area (Å²) in [6.07, 6.45) is 1.43. The molecular weight excluding hydrogens is 390 g/mol. The molecule has 29 heavy (non-hydrogen) atoms. The topological polar surface area (TPSA) is 87.7 Å². The highest BCUT2D eigenvalue weighted by molar-refractivity contribution is 7.89. The predicted molar refractivity (Wildman–Crippen MR) is 111 cm³/mol. The van der Waals surface area contributed by atoms with Crippen LogP contribution < -0.4 is 14.8 Å². The predicted octanol–water partition coefficient (Wildman–Crippen LogP) is 2.98. The molecular formula is C21H25N3O4S. The minimum absolute atomic E-state index is 0.0271. The van der Waals surface area contributed by atoms with Gasteiger partial charge in [0.1, 0.15) is 5.75 Å². The molecule has 0 aromatic heterocycles. The lowest BCUT2D eigenvalue weighted by atomic mass is 10.0. The Balaban J connectivity index is 1.40. The summed E-state index contributed by atoms with van der Waals surface area (Å²) >= 11 is 0. The van der Waals surface area contributed by atoms with Gasteiger partial charge in [-0.25, -0.2) is 17.9 Å². The highest BCUT2D eigenvalue weighted by Crippen LogP contribution is 2.39. The van der Waals surface area contributed by atoms with E-state index in [1.165, 1.54) is 0 Å². The van der Waals surface area contributed by atoms with E-state index in [-0.39, 0.29) is 28.9 Å². The number of rotatable bonds is 5. The van der Waals surface area contributed by atoms with Crippen molar-refractivity contribution in [2.24, 2.45) is 5.92 Å². The number of urea groups is 1. The molecule has 2 amide bonds. The third-order valence-electron chi connectivity index (χ3n) is 5.76. The summed E-state index contributed by atoms with van der Waals surface area (Å²) in [7, 11) is -1.98. The van der Waals surface area contributed by atoms with Crippen molar-refractivity contribution < 1.29 is 17.9 Å². The number of fused-ring (bicyclic) bond motifs is 2. The van der Waals surface area contributed by atoms with Crippen molar-refractivity contribution in [3.05, 3.63) is 54.1 Å². The largest absolute Gasteiger partial charge is 0.495 e. The Morgan fingerprint density at radius 2 is 1.90 bits per heavy atom. The van der Waals surface area contributed by atoms with Crippen LogP contribution in [0.3, 0.4) is 0 Å². The summed E-state index contributed by atoms with van der Waals surface area (Å²) in [5.74, 6) is 0.727. The number of hydrogen-bond acceptors (Lipinski definition) is 4. The molecule has 154 valence electrons. The average molecular weight is 416 g/mol. The van der Waals surface area contributed by atoms with Crippen LogP contribution in [0.15, 0.2) is 53.4 Å². The maximum absolute atomic E-state index is 12.8. The second-order valence-corrected chi connectivity index (χ2v) is 9.43. The molecule has 0 spiro atoms. The first-order valence-electron chi connectivity index (χ1n) is 9.67. The van der Waals surface area contributed by atoms with Gasteiger partial charge in [0.25, 0.3) is 0 Å². The third-order valence-corrected chi connectivity index (χ3v) is 7.27. The van der Waals surface area contributed by atoms with Crippen LogP contribution in [-0.2, 0) is 10.0 Å². The standard InChI is InChI=1S/C21H25N3O4S/c1-14-8-9-20(28-2)19(10-14)22-21(25)24-13-15-11-16(24)12-18(15)23-29(26,27)17-6-4-3-5-7-17/h3-10,15-16,18,23H,11-13H2,1-2H3,(H,22,25). The van der Waals surface area contributed by atoms with Crippen LogP contribution in [0.1, 0.15) is 18.4 Å². The second-order valence-electron chi connectivity index (χ2n) is 7.71. The molecule has 3 atom stereocenters. The number of aryl methyl sites for hydroxylation is 1. The van der Waals surface area contributed by atoms with Crippen molar-refractivity contribution in [1.82, 2.24) is 9.62 Å². The molecule has 1 aliphatic carbocycles. The molecule has 2 aromatic carbocycles. The maximum Gasteiger partial charge on any atom is 0.322 e. The summed E-state index contributed by atoms with van der Waals surface area (Å²) in [4.78, 5) is 14.9. The van der Waals surface area contributed by atoms with E-state index in [4.69, 9.17) is 4.74 Å². The number of amides is 2. The lowest BCUT2D eigenvalue weighted by molar-refractivity contribution is 0.187. The van der Waals surface area contributed by atoms with E-state index in [1.807, 2.05) is 25.1 Å². The van der Waals surface area contributed by atoms with Gasteiger partial charge in [-0.1, -0.05) is 24.3 Å². The maximum atomic E-state index is 12.8. The van der Waals surface area contributed by atoms with E-state index in [1.54, 1.807) is 42.3 Å². The fourth-order valence-electron chi connectivity index (χ4n) is 4.32. The van der Waals surface area contributed by atoms with Crippen molar-refractivity contribution in [1.29, 1.82) is 0 Å². The Bertz CT molecular complexity index is 1010. The Morgan fingerprint density at radius 3 is 2.55 bits per heavy atom. The Morgan fingerprint density at radius 1 is 1.14 bits per heavy atom. The molecule has 1 saturated carbocycles. The van der Waals surface area contributed by atoms with Crippen LogP contribution in [-0.4, -0.2) is 45.1 Å². The number of carbonyl (C=O) groups is 1. The second kappa shape index (κ2) is 7.68. The first kappa shape index (κ1) is 19.7. The van der Waals surface area contributed by atoms with Gasteiger partial charge in [0.2, 0.25) is 10.0 Å². The first-order chi connectivity index (χ1) is 13.9. The average Bonchev–Trinajstić information content (AvgIpc) is 3.29. The molecule has 7 nitrogen and oxygen atoms in total. The van der Waals surface area contributed by atoms with Gasteiger partial charge in [0, 0.05) is 18.6 Å². The summed E-state index contributed by atoms with van der Waals surface area (Å²) in [5.41, 5.74) is 1.67. The SMILES string of the molecule is COc1ccc(C)cc1NC(=O)N1CC2CC1CC2NS(=O)(=O)c1ccccc1. The van der Waals surface area contributed by atoms with E-state index >= 15 is 0 Å². The number of nitrogens with one attached hydrogen (secondary N) is 2. The van der Waals surface area contributed by atoms with Gasteiger partial charge in [-0.15, -0.1) is 0 Å². The van der Waals surface area contributed by atoms with E-state index in [2.05, 4.69) is 10.0 Å². The molecule has 4 rings (SSSR count). The van der Waals surface area contributed by atoms with Crippen LogP contribution in [0, 0.1) is 12.8 Å². The molecule has 1 aliphatic heterocycles. The number of piperidine rings is 1. The minimum atomic E-state index is -3.55. The monoisotopic (exact) mass is 415 g/mol. The quantitative estimate of drug-likeness (QED) is 0.786. The zero-order chi connectivity index (χ0) is 20.6. The summed E-state index contributed by atoms with van der Waals surface area (Å²) < 4.78 is 33.4. The van der Waals surface area contributed by atoms with Crippen molar-refractivity contribution in [3.8, 4) is 5.75 Å². The fraction of sp³-hybridized carbons (Fsp3) is 0.381. The van der Waals surface area contributed by atoms with Crippen molar-refractivity contribution in [2.45, 2.75) is 36.7 Å². The zero-order valence-electron chi connectivity index (χ0n) is 16.5. The van der Waals surface area contributed by atoms with Crippen LogP contribution in [0.4, 0.5) is 10.5 Å². The van der Waals surface area contributed by atoms with Gasteiger partial charge in [-0.05, 0) is 55.5 Å². The van der Waals surface area contributed by atoms with E-state index in [9.17, 15) is 13.2 Å². The van der Waals surface area contributed by atoms with Gasteiger partial charge in [0.15, 0.2) is 0 Å². The van der Waals surface area contributed by atoms with Gasteiger partial charge >= 0.3 is 6.03 Å². The van der Waals surface area contributed by atoms with E-state index < -0.39 is 10.0 Å². The molecule has 2 bridgehead atoms. The van der Waals surface area contributed by atoms with Crippen molar-refractivity contribution in [2.75, 3.05) is 19.0 Å². The van der Waals surface area contributed by atoms with Crippen molar-refractivity contribution in [3.63, 3.8) is 0 Å². The number of methoxy groups -OCH3 is 1. The molecule has 1 saturated heterocycles. The molecule has 2 aliphatic rings. The molecule has 3 unspecified atom stereocenters. The Labute approximate surface area is 171 Å². The third kappa shape index (κ3) is 3.95. The van der Waals surface area contributed by atoms with E-state index in [0.717, 1.165) is 12.0 Å². The highest BCUT2D eigenvalue weighted by Gasteiger charge is 2.47. The zero-order valence-corrected chi connectivity index (χ0v) is 17.3. The number of hydrogen-bond donors (Lipinski definition) is 2. The fourth-order valence-corrected chi connectivity index (χ4v) is 5.66. The highest BCUT2D eigenvalue weighted by atomic mass is 32.2. The molecule has 8 heteroatoms. The number of benzene rings is 2. The molecule has 2 N–H and O–H groups in total. The molecule has 2 aromatic rings. The lowest BCUT2D eigenvalue weighted by Crippen LogP contribution is -2.48. The number of ether oxygens (including phenoxy) is 1. The molecule has 0 radical (unpaired) electrons. The van der Waals surface area contributed by atoms with Crippen LogP contribution in [0.25, 0.3) is 0 Å². The van der Waals surface area contributed by atoms with Crippen molar-refractivity contribution >= 4 is 21.7 Å². The molecule has 2 fully saturated rings. The summed E-state index contributed by atoms with van der Waals surface area (Å²) in [6, 6.07) is 13.7. The van der Waals surface area contributed by atoms with Gasteiger partial charge in [0.05, 0.1) is 17.7 Å². The first-order valence-corrected chi connectivity index (χ1v) is 11.2. The number of anilines is 1.